The Hall–Kier alpha value is -1.33. The fourth-order valence-corrected chi connectivity index (χ4v) is 2.32. The van der Waals surface area contributed by atoms with Crippen molar-refractivity contribution in [2.75, 3.05) is 6.61 Å². The predicted octanol–water partition coefficient (Wildman–Crippen LogP) is 2.03. The van der Waals surface area contributed by atoms with Crippen LogP contribution in [0.3, 0.4) is 0 Å². The molecule has 0 amide bonds. The van der Waals surface area contributed by atoms with E-state index in [4.69, 9.17) is 14.3 Å². The maximum Gasteiger partial charge on any atom is 0.372 e. The Labute approximate surface area is 106 Å². The van der Waals surface area contributed by atoms with Gasteiger partial charge in [0.1, 0.15) is 0 Å². The molecular weight excluding hydrogens is 234 g/mol. The number of hydrogen-bond donors (Lipinski definition) is 2. The lowest BCUT2D eigenvalue weighted by Crippen LogP contribution is -2.43. The van der Waals surface area contributed by atoms with Crippen molar-refractivity contribution in [2.45, 2.75) is 44.9 Å². The van der Waals surface area contributed by atoms with Crippen molar-refractivity contribution in [3.8, 4) is 0 Å². The van der Waals surface area contributed by atoms with Gasteiger partial charge in [-0.15, -0.1) is 0 Å². The van der Waals surface area contributed by atoms with Gasteiger partial charge in [0.25, 0.3) is 0 Å². The number of carboxylic acids is 1. The molecule has 1 saturated heterocycles. The third-order valence-electron chi connectivity index (χ3n) is 3.22. The molecule has 1 unspecified atom stereocenters. The van der Waals surface area contributed by atoms with E-state index in [0.717, 1.165) is 19.4 Å². The Morgan fingerprint density at radius 3 is 3.06 bits per heavy atom. The molecule has 2 heterocycles. The molecule has 1 aromatic rings. The summed E-state index contributed by atoms with van der Waals surface area (Å²) in [6.45, 7) is 5.39. The Morgan fingerprint density at radius 1 is 1.61 bits per heavy atom. The molecule has 1 aromatic heterocycles. The van der Waals surface area contributed by atoms with E-state index in [-0.39, 0.29) is 11.4 Å². The van der Waals surface area contributed by atoms with Crippen LogP contribution in [0.4, 0.5) is 0 Å². The van der Waals surface area contributed by atoms with Crippen LogP contribution in [-0.4, -0.2) is 29.3 Å². The number of aromatic carboxylic acids is 1. The molecule has 5 heteroatoms. The average molecular weight is 253 g/mol. The molecule has 5 nitrogen and oxygen atoms in total. The number of carbonyl (C=O) groups is 1. The summed E-state index contributed by atoms with van der Waals surface area (Å²) in [5.74, 6) is -1.00. The number of furan rings is 1. The fourth-order valence-electron chi connectivity index (χ4n) is 2.32. The monoisotopic (exact) mass is 253 g/mol. The minimum Gasteiger partial charge on any atom is -0.475 e. The summed E-state index contributed by atoms with van der Waals surface area (Å²) in [7, 11) is 0. The summed E-state index contributed by atoms with van der Waals surface area (Å²) in [4.78, 5) is 10.9. The largest absolute Gasteiger partial charge is 0.475 e. The van der Waals surface area contributed by atoms with E-state index in [0.29, 0.717) is 18.2 Å². The van der Waals surface area contributed by atoms with Gasteiger partial charge in [-0.2, -0.15) is 0 Å². The number of rotatable bonds is 4. The Kier molecular flexibility index (Phi) is 3.73. The molecule has 18 heavy (non-hydrogen) atoms. The zero-order valence-electron chi connectivity index (χ0n) is 10.7. The molecule has 0 aliphatic carbocycles. The molecule has 0 spiro atoms. The highest BCUT2D eigenvalue weighted by molar-refractivity contribution is 5.86. The zero-order chi connectivity index (χ0) is 13.2. The third-order valence-corrected chi connectivity index (χ3v) is 3.22. The van der Waals surface area contributed by atoms with Crippen LogP contribution in [0.25, 0.3) is 0 Å². The van der Waals surface area contributed by atoms with Crippen LogP contribution in [0.5, 0.6) is 0 Å². The van der Waals surface area contributed by atoms with E-state index in [1.165, 1.54) is 6.26 Å². The molecule has 0 bridgehead atoms. The second kappa shape index (κ2) is 5.12. The summed E-state index contributed by atoms with van der Waals surface area (Å²) in [5.41, 5.74) is 0.578. The maximum atomic E-state index is 10.9. The first-order chi connectivity index (χ1) is 8.48. The first-order valence-electron chi connectivity index (χ1n) is 6.15. The van der Waals surface area contributed by atoms with Gasteiger partial charge < -0.3 is 19.6 Å². The molecule has 0 radical (unpaired) electrons. The van der Waals surface area contributed by atoms with E-state index in [1.54, 1.807) is 6.07 Å². The lowest BCUT2D eigenvalue weighted by molar-refractivity contribution is -0.0630. The van der Waals surface area contributed by atoms with Gasteiger partial charge in [0.05, 0.1) is 11.9 Å². The lowest BCUT2D eigenvalue weighted by Gasteiger charge is -2.35. The lowest BCUT2D eigenvalue weighted by atomic mass is 9.94. The highest BCUT2D eigenvalue weighted by atomic mass is 16.5. The van der Waals surface area contributed by atoms with Crippen LogP contribution in [0.1, 0.15) is 42.8 Å². The molecule has 100 valence electrons. The summed E-state index contributed by atoms with van der Waals surface area (Å²) >= 11 is 0. The van der Waals surface area contributed by atoms with E-state index >= 15 is 0 Å². The van der Waals surface area contributed by atoms with Crippen molar-refractivity contribution in [1.29, 1.82) is 0 Å². The molecule has 1 aliphatic rings. The van der Waals surface area contributed by atoms with Crippen molar-refractivity contribution in [1.82, 2.24) is 5.32 Å². The first-order valence-corrected chi connectivity index (χ1v) is 6.15. The molecule has 0 saturated carbocycles. The normalized spacial score (nSPS) is 22.9. The molecule has 2 N–H and O–H groups in total. The Bertz CT molecular complexity index is 424. The van der Waals surface area contributed by atoms with Crippen molar-refractivity contribution >= 4 is 5.97 Å². The minimum atomic E-state index is -1.02. The van der Waals surface area contributed by atoms with E-state index in [1.807, 2.05) is 0 Å². The van der Waals surface area contributed by atoms with Gasteiger partial charge >= 0.3 is 5.97 Å². The van der Waals surface area contributed by atoms with Gasteiger partial charge in [-0.3, -0.25) is 0 Å². The quantitative estimate of drug-likeness (QED) is 0.859. The topological polar surface area (TPSA) is 71.7 Å². The van der Waals surface area contributed by atoms with Crippen LogP contribution in [-0.2, 0) is 11.3 Å². The van der Waals surface area contributed by atoms with Crippen molar-refractivity contribution in [2.24, 2.45) is 0 Å². The van der Waals surface area contributed by atoms with Crippen LogP contribution in [0, 0.1) is 0 Å². The van der Waals surface area contributed by atoms with Gasteiger partial charge in [0.15, 0.2) is 0 Å². The Morgan fingerprint density at radius 2 is 2.39 bits per heavy atom. The number of hydrogen-bond acceptors (Lipinski definition) is 4. The molecule has 1 atom stereocenters. The standard InChI is InChI=1S/C13H19NO4/c1-13(2)7-10(4-6-18-13)14-8-9-3-5-17-11(9)12(15)16/h3,5,10,14H,4,6-8H2,1-2H3,(H,15,16). The Balaban J connectivity index is 1.91. The van der Waals surface area contributed by atoms with E-state index in [9.17, 15) is 4.79 Å². The van der Waals surface area contributed by atoms with Crippen molar-refractivity contribution in [3.05, 3.63) is 23.7 Å². The fraction of sp³-hybridized carbons (Fsp3) is 0.615. The second-order valence-corrected chi connectivity index (χ2v) is 5.26. The number of nitrogens with one attached hydrogen (secondary N) is 1. The van der Waals surface area contributed by atoms with Crippen LogP contribution in [0.15, 0.2) is 16.7 Å². The van der Waals surface area contributed by atoms with Gasteiger partial charge in [0, 0.05) is 24.8 Å². The molecular formula is C13H19NO4. The van der Waals surface area contributed by atoms with Crippen LogP contribution < -0.4 is 5.32 Å². The van der Waals surface area contributed by atoms with Crippen LogP contribution >= 0.6 is 0 Å². The highest BCUT2D eigenvalue weighted by Crippen LogP contribution is 2.24. The average Bonchev–Trinajstić information content (AvgIpc) is 2.73. The predicted molar refractivity (Wildman–Crippen MR) is 65.6 cm³/mol. The van der Waals surface area contributed by atoms with E-state index in [2.05, 4.69) is 19.2 Å². The van der Waals surface area contributed by atoms with Gasteiger partial charge in [-0.05, 0) is 32.8 Å². The zero-order valence-corrected chi connectivity index (χ0v) is 10.7. The summed E-state index contributed by atoms with van der Waals surface area (Å²) in [6.07, 6.45) is 3.28. The first kappa shape index (κ1) is 13.1. The van der Waals surface area contributed by atoms with Gasteiger partial charge in [0.2, 0.25) is 5.76 Å². The van der Waals surface area contributed by atoms with Gasteiger partial charge in [-0.25, -0.2) is 4.79 Å². The van der Waals surface area contributed by atoms with Gasteiger partial charge in [-0.1, -0.05) is 0 Å². The molecule has 0 aromatic carbocycles. The minimum absolute atomic E-state index is 0.0221. The summed E-state index contributed by atoms with van der Waals surface area (Å²) in [5, 5.41) is 12.3. The van der Waals surface area contributed by atoms with Crippen molar-refractivity contribution in [3.63, 3.8) is 0 Å². The maximum absolute atomic E-state index is 10.9. The van der Waals surface area contributed by atoms with E-state index < -0.39 is 5.97 Å². The molecule has 1 fully saturated rings. The third kappa shape index (κ3) is 3.11. The summed E-state index contributed by atoms with van der Waals surface area (Å²) < 4.78 is 10.6. The SMILES string of the molecule is CC1(C)CC(NCc2ccoc2C(=O)O)CCO1. The number of ether oxygens (including phenoxy) is 1. The molecule has 1 aliphatic heterocycles. The highest BCUT2D eigenvalue weighted by Gasteiger charge is 2.28. The second-order valence-electron chi connectivity index (χ2n) is 5.26. The van der Waals surface area contributed by atoms with Crippen LogP contribution in [0.2, 0.25) is 0 Å². The number of carboxylic acid groups (broad SMARTS) is 1. The summed E-state index contributed by atoms with van der Waals surface area (Å²) in [6, 6.07) is 2.05. The molecule has 2 rings (SSSR count). The smallest absolute Gasteiger partial charge is 0.372 e. The van der Waals surface area contributed by atoms with Crippen molar-refractivity contribution < 1.29 is 19.1 Å².